The number of benzene rings is 2. The van der Waals surface area contributed by atoms with Crippen molar-refractivity contribution in [3.63, 3.8) is 0 Å². The summed E-state index contributed by atoms with van der Waals surface area (Å²) < 4.78 is 10.7. The van der Waals surface area contributed by atoms with Crippen molar-refractivity contribution in [3.8, 4) is 5.75 Å². The third-order valence-electron chi connectivity index (χ3n) is 6.70. The zero-order chi connectivity index (χ0) is 30.4. The van der Waals surface area contributed by atoms with E-state index in [0.717, 1.165) is 11.1 Å². The lowest BCUT2D eigenvalue weighted by molar-refractivity contribution is -0.148. The Hall–Kier alpha value is -3.55. The molecular weight excluding hydrogens is 506 g/mol. The number of hydrogen-bond acceptors (Lipinski definition) is 5. The standard InChI is InChI=1S/C32H47N3O5/c1-12-21(3)26(34-30(38)40-32(8,9)10)29(37)35(31(5,6)7)27(25-18-13-20(2)19-22(25)4)28(36)33-23-14-16-24(39-11)17-15-23/h13-19,21,26-27H,12H2,1-11H3,(H,33,36)(H,34,38). The van der Waals surface area contributed by atoms with Gasteiger partial charge in [0.2, 0.25) is 5.91 Å². The Bertz CT molecular complexity index is 1180. The van der Waals surface area contributed by atoms with Crippen molar-refractivity contribution in [2.75, 3.05) is 12.4 Å². The minimum Gasteiger partial charge on any atom is -0.497 e. The molecule has 2 rings (SSSR count). The number of aryl methyl sites for hydroxylation is 2. The fourth-order valence-corrected chi connectivity index (χ4v) is 4.53. The minimum atomic E-state index is -0.970. The predicted octanol–water partition coefficient (Wildman–Crippen LogP) is 6.56. The van der Waals surface area contributed by atoms with Crippen LogP contribution in [0.5, 0.6) is 5.75 Å². The number of hydrogen-bond donors (Lipinski definition) is 2. The lowest BCUT2D eigenvalue weighted by atomic mass is 9.90. The largest absolute Gasteiger partial charge is 0.497 e. The number of amides is 3. The van der Waals surface area contributed by atoms with E-state index in [9.17, 15) is 14.4 Å². The highest BCUT2D eigenvalue weighted by molar-refractivity contribution is 5.99. The summed E-state index contributed by atoms with van der Waals surface area (Å²) in [6.45, 7) is 18.8. The van der Waals surface area contributed by atoms with Crippen molar-refractivity contribution in [1.29, 1.82) is 0 Å². The van der Waals surface area contributed by atoms with E-state index in [1.54, 1.807) is 57.0 Å². The number of carbonyl (C=O) groups excluding carboxylic acids is 3. The number of nitrogens with one attached hydrogen (secondary N) is 2. The van der Waals surface area contributed by atoms with Crippen molar-refractivity contribution in [1.82, 2.24) is 10.2 Å². The Morgan fingerprint density at radius 1 is 0.950 bits per heavy atom. The fraction of sp³-hybridized carbons (Fsp3) is 0.531. The van der Waals surface area contributed by atoms with E-state index < -0.39 is 29.3 Å². The SMILES string of the molecule is CCC(C)C(NC(=O)OC(C)(C)C)C(=O)N(C(C(=O)Nc1ccc(OC)cc1)c1ccc(C)cc1C)C(C)(C)C. The summed E-state index contributed by atoms with van der Waals surface area (Å²) in [4.78, 5) is 43.0. The Balaban J connectivity index is 2.64. The van der Waals surface area contributed by atoms with E-state index in [1.165, 1.54) is 0 Å². The van der Waals surface area contributed by atoms with Crippen molar-refractivity contribution in [2.45, 2.75) is 98.9 Å². The normalized spacial score (nSPS) is 14.0. The van der Waals surface area contributed by atoms with Gasteiger partial charge in [0.1, 0.15) is 23.4 Å². The number of ether oxygens (including phenoxy) is 2. The molecule has 2 aromatic rings. The van der Waals surface area contributed by atoms with Crippen molar-refractivity contribution >= 4 is 23.6 Å². The molecule has 0 aromatic heterocycles. The first-order valence-corrected chi connectivity index (χ1v) is 13.8. The lowest BCUT2D eigenvalue weighted by Crippen LogP contribution is -2.59. The molecule has 2 N–H and O–H groups in total. The molecule has 3 amide bonds. The monoisotopic (exact) mass is 553 g/mol. The Kier molecular flexibility index (Phi) is 10.8. The number of carbonyl (C=O) groups is 3. The molecule has 0 aliphatic carbocycles. The van der Waals surface area contributed by atoms with Crippen LogP contribution in [-0.4, -0.2) is 47.1 Å². The van der Waals surface area contributed by atoms with Crippen molar-refractivity contribution in [2.24, 2.45) is 5.92 Å². The zero-order valence-electron chi connectivity index (χ0n) is 26.0. The average molecular weight is 554 g/mol. The molecule has 0 aliphatic rings. The molecule has 0 saturated heterocycles. The highest BCUT2D eigenvalue weighted by atomic mass is 16.6. The van der Waals surface area contributed by atoms with Crippen LogP contribution in [0, 0.1) is 19.8 Å². The summed E-state index contributed by atoms with van der Waals surface area (Å²) in [6.07, 6.45) is -0.0398. The van der Waals surface area contributed by atoms with Gasteiger partial charge in [-0.1, -0.05) is 44.0 Å². The molecule has 3 atom stereocenters. The molecule has 220 valence electrons. The second-order valence-corrected chi connectivity index (χ2v) is 12.4. The smallest absolute Gasteiger partial charge is 0.408 e. The number of rotatable bonds is 9. The minimum absolute atomic E-state index is 0.214. The van der Waals surface area contributed by atoms with Crippen LogP contribution in [0.2, 0.25) is 0 Å². The van der Waals surface area contributed by atoms with Crippen LogP contribution in [0.15, 0.2) is 42.5 Å². The molecule has 0 fully saturated rings. The van der Waals surface area contributed by atoms with Gasteiger partial charge in [-0.25, -0.2) is 4.79 Å². The molecule has 0 saturated carbocycles. The van der Waals surface area contributed by atoms with Gasteiger partial charge in [-0.15, -0.1) is 0 Å². The van der Waals surface area contributed by atoms with E-state index in [0.29, 0.717) is 23.4 Å². The lowest BCUT2D eigenvalue weighted by Gasteiger charge is -2.44. The second-order valence-electron chi connectivity index (χ2n) is 12.4. The molecule has 0 radical (unpaired) electrons. The van der Waals surface area contributed by atoms with E-state index in [-0.39, 0.29) is 17.7 Å². The zero-order valence-corrected chi connectivity index (χ0v) is 26.0. The molecule has 8 heteroatoms. The van der Waals surface area contributed by atoms with Crippen molar-refractivity contribution < 1.29 is 23.9 Å². The maximum Gasteiger partial charge on any atom is 0.408 e. The van der Waals surface area contributed by atoms with Gasteiger partial charge >= 0.3 is 6.09 Å². The quantitative estimate of drug-likeness (QED) is 0.367. The Labute approximate surface area is 239 Å². The second kappa shape index (κ2) is 13.2. The maximum absolute atomic E-state index is 14.5. The number of nitrogens with zero attached hydrogens (tertiary/aromatic N) is 1. The maximum atomic E-state index is 14.5. The number of anilines is 1. The van der Waals surface area contributed by atoms with Gasteiger partial charge in [0.15, 0.2) is 0 Å². The molecule has 0 bridgehead atoms. The molecule has 0 spiro atoms. The Morgan fingerprint density at radius 2 is 1.55 bits per heavy atom. The summed E-state index contributed by atoms with van der Waals surface area (Å²) in [6, 6.07) is 11.0. The molecule has 3 unspecified atom stereocenters. The molecule has 40 heavy (non-hydrogen) atoms. The van der Waals surface area contributed by atoms with Crippen LogP contribution in [0.3, 0.4) is 0 Å². The van der Waals surface area contributed by atoms with Crippen LogP contribution >= 0.6 is 0 Å². The average Bonchev–Trinajstić information content (AvgIpc) is 2.84. The summed E-state index contributed by atoms with van der Waals surface area (Å²) in [7, 11) is 1.58. The van der Waals surface area contributed by atoms with E-state index in [4.69, 9.17) is 9.47 Å². The molecular formula is C32H47N3O5. The first kappa shape index (κ1) is 32.7. The summed E-state index contributed by atoms with van der Waals surface area (Å²) in [5, 5.41) is 5.80. The summed E-state index contributed by atoms with van der Waals surface area (Å²) in [5.41, 5.74) is 1.71. The summed E-state index contributed by atoms with van der Waals surface area (Å²) in [5.74, 6) is -0.266. The molecule has 8 nitrogen and oxygen atoms in total. The van der Waals surface area contributed by atoms with E-state index in [2.05, 4.69) is 10.6 Å². The topological polar surface area (TPSA) is 97.0 Å². The van der Waals surface area contributed by atoms with E-state index in [1.807, 2.05) is 66.7 Å². The third kappa shape index (κ3) is 8.73. The predicted molar refractivity (Wildman–Crippen MR) is 159 cm³/mol. The molecule has 2 aromatic carbocycles. The van der Waals surface area contributed by atoms with Gasteiger partial charge in [-0.05, 0) is 96.7 Å². The number of methoxy groups -OCH3 is 1. The van der Waals surface area contributed by atoms with Crippen LogP contribution in [0.1, 0.15) is 84.5 Å². The van der Waals surface area contributed by atoms with Crippen LogP contribution in [0.25, 0.3) is 0 Å². The van der Waals surface area contributed by atoms with Gasteiger partial charge in [0, 0.05) is 11.2 Å². The van der Waals surface area contributed by atoms with Gasteiger partial charge in [0.25, 0.3) is 5.91 Å². The van der Waals surface area contributed by atoms with Crippen LogP contribution in [0.4, 0.5) is 10.5 Å². The van der Waals surface area contributed by atoms with Gasteiger partial charge in [-0.3, -0.25) is 9.59 Å². The highest BCUT2D eigenvalue weighted by Gasteiger charge is 2.43. The van der Waals surface area contributed by atoms with Crippen LogP contribution < -0.4 is 15.4 Å². The van der Waals surface area contributed by atoms with Gasteiger partial charge < -0.3 is 25.0 Å². The highest BCUT2D eigenvalue weighted by Crippen LogP contribution is 2.34. The first-order valence-electron chi connectivity index (χ1n) is 13.8. The Morgan fingerprint density at radius 3 is 2.02 bits per heavy atom. The van der Waals surface area contributed by atoms with E-state index >= 15 is 0 Å². The van der Waals surface area contributed by atoms with Gasteiger partial charge in [-0.2, -0.15) is 0 Å². The fourth-order valence-electron chi connectivity index (χ4n) is 4.53. The van der Waals surface area contributed by atoms with Crippen LogP contribution in [-0.2, 0) is 14.3 Å². The molecule has 0 aliphatic heterocycles. The summed E-state index contributed by atoms with van der Waals surface area (Å²) >= 11 is 0. The van der Waals surface area contributed by atoms with Gasteiger partial charge in [0.05, 0.1) is 7.11 Å². The van der Waals surface area contributed by atoms with Crippen molar-refractivity contribution in [3.05, 3.63) is 59.2 Å². The first-order chi connectivity index (χ1) is 18.5. The third-order valence-corrected chi connectivity index (χ3v) is 6.70. The molecule has 0 heterocycles. The number of alkyl carbamates (subject to hydrolysis) is 1.